The predicted molar refractivity (Wildman–Crippen MR) is 140 cm³/mol. The lowest BCUT2D eigenvalue weighted by molar-refractivity contribution is 0.589. The third-order valence-electron chi connectivity index (χ3n) is 4.87. The lowest BCUT2D eigenvalue weighted by Crippen LogP contribution is -2.10. The summed E-state index contributed by atoms with van der Waals surface area (Å²) in [7, 11) is 0. The van der Waals surface area contributed by atoms with Gasteiger partial charge in [0.1, 0.15) is 0 Å². The van der Waals surface area contributed by atoms with E-state index in [1.165, 1.54) is 30.7 Å². The van der Waals surface area contributed by atoms with Crippen molar-refractivity contribution in [3.05, 3.63) is 80.7 Å². The van der Waals surface area contributed by atoms with Gasteiger partial charge in [-0.2, -0.15) is 0 Å². The maximum atomic E-state index is 3.86. The van der Waals surface area contributed by atoms with Crippen LogP contribution in [0, 0.1) is 0 Å². The molecule has 0 aliphatic rings. The summed E-state index contributed by atoms with van der Waals surface area (Å²) in [6.07, 6.45) is 0. The van der Waals surface area contributed by atoms with E-state index in [1.807, 2.05) is 0 Å². The van der Waals surface area contributed by atoms with Gasteiger partial charge in [-0.15, -0.1) is 0 Å². The SMILES string of the molecule is CC(C)(C)c1ccc(Sc2cc(Br)cc(Sc3ccc(C(C)(C)C)cc3)c2Br)cc1. The molecule has 0 bridgehead atoms. The first kappa shape index (κ1) is 24.0. The molecule has 0 N–H and O–H groups in total. The van der Waals surface area contributed by atoms with Crippen molar-refractivity contribution in [1.29, 1.82) is 0 Å². The molecule has 3 aromatic carbocycles. The van der Waals surface area contributed by atoms with Crippen LogP contribution in [-0.2, 0) is 10.8 Å². The Morgan fingerprint density at radius 3 is 1.20 bits per heavy atom. The summed E-state index contributed by atoms with van der Waals surface area (Å²) >= 11 is 11.1. The largest absolute Gasteiger partial charge is 0.0888 e. The fourth-order valence-electron chi connectivity index (χ4n) is 2.99. The maximum Gasteiger partial charge on any atom is 0.0455 e. The number of benzene rings is 3. The van der Waals surface area contributed by atoms with E-state index in [9.17, 15) is 0 Å². The van der Waals surface area contributed by atoms with Crippen molar-refractivity contribution < 1.29 is 0 Å². The highest BCUT2D eigenvalue weighted by Gasteiger charge is 2.16. The minimum absolute atomic E-state index is 0.173. The molecular weight excluding hydrogens is 536 g/mol. The smallest absolute Gasteiger partial charge is 0.0455 e. The Bertz CT molecular complexity index is 928. The van der Waals surface area contributed by atoms with Crippen molar-refractivity contribution >= 4 is 55.4 Å². The van der Waals surface area contributed by atoms with E-state index in [-0.39, 0.29) is 10.8 Å². The Morgan fingerprint density at radius 1 is 0.567 bits per heavy atom. The zero-order valence-corrected chi connectivity index (χ0v) is 23.2. The quantitative estimate of drug-likeness (QED) is 0.309. The number of hydrogen-bond donors (Lipinski definition) is 0. The van der Waals surface area contributed by atoms with Crippen LogP contribution in [0.25, 0.3) is 0 Å². The van der Waals surface area contributed by atoms with Crippen LogP contribution in [-0.4, -0.2) is 0 Å². The summed E-state index contributed by atoms with van der Waals surface area (Å²) in [6, 6.07) is 22.2. The summed E-state index contributed by atoms with van der Waals surface area (Å²) < 4.78 is 2.23. The average Bonchev–Trinajstić information content (AvgIpc) is 2.65. The third-order valence-corrected chi connectivity index (χ3v) is 8.80. The van der Waals surface area contributed by atoms with Gasteiger partial charge in [-0.1, -0.05) is 105 Å². The Kier molecular flexibility index (Phi) is 7.54. The van der Waals surface area contributed by atoms with Gasteiger partial charge in [0.25, 0.3) is 0 Å². The molecule has 0 amide bonds. The average molecular weight is 564 g/mol. The molecular formula is C26H28Br2S2. The highest BCUT2D eigenvalue weighted by Crippen LogP contribution is 2.43. The van der Waals surface area contributed by atoms with E-state index < -0.39 is 0 Å². The van der Waals surface area contributed by atoms with Crippen molar-refractivity contribution in [1.82, 2.24) is 0 Å². The van der Waals surface area contributed by atoms with E-state index in [1.54, 1.807) is 23.5 Å². The van der Waals surface area contributed by atoms with Gasteiger partial charge in [-0.3, -0.25) is 0 Å². The van der Waals surface area contributed by atoms with E-state index in [0.717, 1.165) is 8.95 Å². The first-order valence-electron chi connectivity index (χ1n) is 9.99. The van der Waals surface area contributed by atoms with Gasteiger partial charge in [-0.05, 0) is 74.3 Å². The molecule has 0 nitrogen and oxygen atoms in total. The van der Waals surface area contributed by atoms with Crippen LogP contribution in [0.15, 0.2) is 89.2 Å². The molecule has 30 heavy (non-hydrogen) atoms. The van der Waals surface area contributed by atoms with Crippen LogP contribution in [0.4, 0.5) is 0 Å². The van der Waals surface area contributed by atoms with Crippen LogP contribution in [0.1, 0.15) is 52.7 Å². The molecule has 0 radical (unpaired) electrons. The number of rotatable bonds is 4. The molecule has 0 aromatic heterocycles. The lowest BCUT2D eigenvalue weighted by Gasteiger charge is -2.19. The third kappa shape index (κ3) is 6.18. The van der Waals surface area contributed by atoms with Crippen LogP contribution in [0.5, 0.6) is 0 Å². The van der Waals surface area contributed by atoms with Gasteiger partial charge < -0.3 is 0 Å². The molecule has 158 valence electrons. The summed E-state index contributed by atoms with van der Waals surface area (Å²) in [5.74, 6) is 0. The van der Waals surface area contributed by atoms with Crippen molar-refractivity contribution in [3.63, 3.8) is 0 Å². The second-order valence-electron chi connectivity index (χ2n) is 9.47. The molecule has 0 aliphatic carbocycles. The number of halogens is 2. The Balaban J connectivity index is 1.83. The summed E-state index contributed by atoms with van der Waals surface area (Å²) in [5.41, 5.74) is 3.06. The lowest BCUT2D eigenvalue weighted by atomic mass is 9.87. The topological polar surface area (TPSA) is 0 Å². The Hall–Kier alpha value is -0.680. The van der Waals surface area contributed by atoms with E-state index in [0.29, 0.717) is 0 Å². The van der Waals surface area contributed by atoms with Gasteiger partial charge in [0.2, 0.25) is 0 Å². The first-order chi connectivity index (χ1) is 13.9. The van der Waals surface area contributed by atoms with Crippen molar-refractivity contribution in [3.8, 4) is 0 Å². The normalized spacial score (nSPS) is 12.3. The Labute approximate surface area is 206 Å². The monoisotopic (exact) mass is 562 g/mol. The standard InChI is InChI=1S/C26H28Br2S2/c1-25(2,3)17-7-11-20(12-8-17)29-22-15-19(27)16-23(24(22)28)30-21-13-9-18(10-14-21)26(4,5)6/h7-16H,1-6H3. The maximum absolute atomic E-state index is 3.86. The summed E-state index contributed by atoms with van der Waals surface area (Å²) in [5, 5.41) is 0. The van der Waals surface area contributed by atoms with Gasteiger partial charge >= 0.3 is 0 Å². The van der Waals surface area contributed by atoms with Gasteiger partial charge in [0.15, 0.2) is 0 Å². The van der Waals surface area contributed by atoms with E-state index in [2.05, 4.69) is 134 Å². The molecule has 4 heteroatoms. The minimum atomic E-state index is 0.173. The molecule has 0 saturated heterocycles. The van der Waals surface area contributed by atoms with Crippen LogP contribution in [0.2, 0.25) is 0 Å². The van der Waals surface area contributed by atoms with E-state index in [4.69, 9.17) is 0 Å². The highest BCUT2D eigenvalue weighted by molar-refractivity contribution is 9.11. The summed E-state index contributed by atoms with van der Waals surface area (Å²) in [4.78, 5) is 4.91. The van der Waals surface area contributed by atoms with Gasteiger partial charge in [-0.25, -0.2) is 0 Å². The molecule has 0 saturated carbocycles. The van der Waals surface area contributed by atoms with Crippen molar-refractivity contribution in [2.75, 3.05) is 0 Å². The fourth-order valence-corrected chi connectivity index (χ4v) is 6.35. The second-order valence-corrected chi connectivity index (χ2v) is 13.4. The highest BCUT2D eigenvalue weighted by atomic mass is 79.9. The fraction of sp³-hybridized carbons (Fsp3) is 0.308. The molecule has 0 atom stereocenters. The molecule has 0 aliphatic heterocycles. The minimum Gasteiger partial charge on any atom is -0.0888 e. The molecule has 3 aromatic rings. The van der Waals surface area contributed by atoms with Gasteiger partial charge in [0.05, 0.1) is 0 Å². The van der Waals surface area contributed by atoms with Crippen LogP contribution < -0.4 is 0 Å². The molecule has 0 fully saturated rings. The van der Waals surface area contributed by atoms with Crippen LogP contribution >= 0.6 is 55.4 Å². The molecule has 3 rings (SSSR count). The van der Waals surface area contributed by atoms with E-state index >= 15 is 0 Å². The molecule has 0 heterocycles. The molecule has 0 spiro atoms. The number of hydrogen-bond acceptors (Lipinski definition) is 2. The first-order valence-corrected chi connectivity index (χ1v) is 13.2. The van der Waals surface area contributed by atoms with Gasteiger partial charge in [0, 0.05) is 28.5 Å². The second kappa shape index (κ2) is 9.44. The van der Waals surface area contributed by atoms with Crippen LogP contribution in [0.3, 0.4) is 0 Å². The summed E-state index contributed by atoms with van der Waals surface area (Å²) in [6.45, 7) is 13.5. The zero-order valence-electron chi connectivity index (χ0n) is 18.3. The predicted octanol–water partition coefficient (Wildman–Crippen LogP) is 10.1. The molecule has 0 unspecified atom stereocenters. The Morgan fingerprint density at radius 2 is 0.900 bits per heavy atom. The van der Waals surface area contributed by atoms with Crippen molar-refractivity contribution in [2.24, 2.45) is 0 Å². The van der Waals surface area contributed by atoms with Crippen molar-refractivity contribution in [2.45, 2.75) is 72.0 Å². The zero-order chi connectivity index (χ0) is 22.1.